The Morgan fingerprint density at radius 2 is 2.00 bits per heavy atom. The average Bonchev–Trinajstić information content (AvgIpc) is 2.86. The number of nitrogens with zero attached hydrogens (tertiary/aromatic N) is 1. The van der Waals surface area contributed by atoms with E-state index < -0.39 is 10.0 Å². The SMILES string of the molecule is CC(CN)CNC(=O)CCCCCN=C1NS(=O)(=O)c2ccccc21.Cl. The molecule has 9 heteroatoms. The first kappa shape index (κ1) is 22.4. The molecule has 1 aliphatic heterocycles. The Kier molecular flexibility index (Phi) is 9.04. The number of aliphatic imine (C=N–C) groups is 1. The van der Waals surface area contributed by atoms with E-state index in [4.69, 9.17) is 5.73 Å². The number of sulfonamides is 1. The Morgan fingerprint density at radius 3 is 2.73 bits per heavy atom. The van der Waals surface area contributed by atoms with Crippen LogP contribution in [-0.2, 0) is 14.8 Å². The van der Waals surface area contributed by atoms with Gasteiger partial charge in [-0.3, -0.25) is 14.5 Å². The van der Waals surface area contributed by atoms with E-state index in [1.165, 1.54) is 0 Å². The normalized spacial score (nSPS) is 17.1. The largest absolute Gasteiger partial charge is 0.356 e. The fourth-order valence-electron chi connectivity index (χ4n) is 2.48. The molecule has 1 aromatic rings. The van der Waals surface area contributed by atoms with Crippen molar-refractivity contribution in [1.82, 2.24) is 10.0 Å². The first-order chi connectivity index (χ1) is 11.9. The van der Waals surface area contributed by atoms with Crippen LogP contribution in [0.3, 0.4) is 0 Å². The van der Waals surface area contributed by atoms with E-state index in [-0.39, 0.29) is 29.1 Å². The van der Waals surface area contributed by atoms with Crippen LogP contribution in [0.4, 0.5) is 0 Å². The van der Waals surface area contributed by atoms with E-state index in [1.54, 1.807) is 24.3 Å². The third-order valence-corrected chi connectivity index (χ3v) is 5.44. The minimum Gasteiger partial charge on any atom is -0.356 e. The first-order valence-corrected chi connectivity index (χ1v) is 10.1. The second kappa shape index (κ2) is 10.5. The fraction of sp³-hybridized carbons (Fsp3) is 0.529. The van der Waals surface area contributed by atoms with Gasteiger partial charge in [-0.05, 0) is 37.4 Å². The summed E-state index contributed by atoms with van der Waals surface area (Å²) < 4.78 is 26.4. The third-order valence-electron chi connectivity index (χ3n) is 4.04. The summed E-state index contributed by atoms with van der Waals surface area (Å²) in [5.74, 6) is 0.742. The topological polar surface area (TPSA) is 114 Å². The molecule has 0 radical (unpaired) electrons. The molecule has 1 unspecified atom stereocenters. The van der Waals surface area contributed by atoms with Gasteiger partial charge < -0.3 is 11.1 Å². The zero-order valence-corrected chi connectivity index (χ0v) is 16.5. The van der Waals surface area contributed by atoms with Gasteiger partial charge in [-0.2, -0.15) is 0 Å². The van der Waals surface area contributed by atoms with Crippen molar-refractivity contribution in [2.45, 2.75) is 37.5 Å². The van der Waals surface area contributed by atoms with Crippen LogP contribution in [-0.4, -0.2) is 39.8 Å². The molecule has 26 heavy (non-hydrogen) atoms. The zero-order valence-electron chi connectivity index (χ0n) is 14.9. The highest BCUT2D eigenvalue weighted by molar-refractivity contribution is 7.90. The van der Waals surface area contributed by atoms with Crippen molar-refractivity contribution in [1.29, 1.82) is 0 Å². The standard InChI is InChI=1S/C17H26N4O3S.ClH/c1-13(11-18)12-20-16(22)9-3-2-6-10-19-17-14-7-4-5-8-15(14)25(23,24)21-17;/h4-5,7-8,13H,2-3,6,9-12,18H2,1H3,(H,19,21)(H,20,22);1H. The first-order valence-electron chi connectivity index (χ1n) is 8.57. The number of carbonyl (C=O) groups is 1. The monoisotopic (exact) mass is 402 g/mol. The van der Waals surface area contributed by atoms with Crippen molar-refractivity contribution in [2.24, 2.45) is 16.6 Å². The Hall–Kier alpha value is -1.64. The molecule has 1 amide bonds. The Morgan fingerprint density at radius 1 is 1.27 bits per heavy atom. The van der Waals surface area contributed by atoms with E-state index in [0.717, 1.165) is 19.3 Å². The minimum atomic E-state index is -3.47. The molecule has 1 aromatic carbocycles. The van der Waals surface area contributed by atoms with Gasteiger partial charge in [0.15, 0.2) is 0 Å². The number of hydrogen-bond acceptors (Lipinski definition) is 5. The number of nitrogens with two attached hydrogens (primary N) is 1. The number of carbonyl (C=O) groups excluding carboxylic acids is 1. The van der Waals surface area contributed by atoms with Gasteiger partial charge in [0.25, 0.3) is 10.0 Å². The number of halogens is 1. The van der Waals surface area contributed by atoms with Crippen LogP contribution >= 0.6 is 12.4 Å². The van der Waals surface area contributed by atoms with Crippen LogP contribution in [0.2, 0.25) is 0 Å². The van der Waals surface area contributed by atoms with Crippen LogP contribution in [0.5, 0.6) is 0 Å². The molecular weight excluding hydrogens is 376 g/mol. The Bertz CT molecular complexity index is 737. The number of fused-ring (bicyclic) bond motifs is 1. The number of benzene rings is 1. The van der Waals surface area contributed by atoms with Crippen molar-refractivity contribution >= 4 is 34.2 Å². The molecule has 0 bridgehead atoms. The molecule has 0 fully saturated rings. The van der Waals surface area contributed by atoms with Crippen molar-refractivity contribution in [3.8, 4) is 0 Å². The fourth-order valence-corrected chi connectivity index (χ4v) is 3.73. The van der Waals surface area contributed by atoms with Gasteiger partial charge >= 0.3 is 0 Å². The lowest BCUT2D eigenvalue weighted by Gasteiger charge is -2.09. The second-order valence-corrected chi connectivity index (χ2v) is 7.94. The molecule has 0 aromatic heterocycles. The minimum absolute atomic E-state index is 0. The van der Waals surface area contributed by atoms with Gasteiger partial charge in [0.05, 0.1) is 4.90 Å². The molecule has 0 saturated carbocycles. The van der Waals surface area contributed by atoms with Crippen molar-refractivity contribution in [3.63, 3.8) is 0 Å². The number of rotatable bonds is 9. The Labute approximate surface area is 161 Å². The highest BCUT2D eigenvalue weighted by Crippen LogP contribution is 2.22. The van der Waals surface area contributed by atoms with Crippen LogP contribution in [0.25, 0.3) is 0 Å². The number of unbranched alkanes of at least 4 members (excludes halogenated alkanes) is 2. The molecule has 0 aliphatic carbocycles. The predicted octanol–water partition coefficient (Wildman–Crippen LogP) is 1.42. The molecule has 4 N–H and O–H groups in total. The molecule has 1 atom stereocenters. The smallest absolute Gasteiger partial charge is 0.263 e. The summed E-state index contributed by atoms with van der Waals surface area (Å²) in [4.78, 5) is 16.3. The van der Waals surface area contributed by atoms with Crippen molar-refractivity contribution in [3.05, 3.63) is 29.8 Å². The maximum Gasteiger partial charge on any atom is 0.263 e. The van der Waals surface area contributed by atoms with Gasteiger partial charge in [-0.25, -0.2) is 8.42 Å². The third kappa shape index (κ3) is 6.26. The lowest BCUT2D eigenvalue weighted by molar-refractivity contribution is -0.121. The van der Waals surface area contributed by atoms with Gasteiger partial charge in [0.2, 0.25) is 5.91 Å². The molecule has 2 rings (SSSR count). The van der Waals surface area contributed by atoms with Crippen LogP contribution in [0, 0.1) is 5.92 Å². The highest BCUT2D eigenvalue weighted by Gasteiger charge is 2.29. The molecule has 146 valence electrons. The van der Waals surface area contributed by atoms with Gasteiger partial charge in [0, 0.05) is 25.1 Å². The van der Waals surface area contributed by atoms with Gasteiger partial charge in [0.1, 0.15) is 5.84 Å². The van der Waals surface area contributed by atoms with Crippen molar-refractivity contribution < 1.29 is 13.2 Å². The number of hydrogen-bond donors (Lipinski definition) is 3. The molecule has 7 nitrogen and oxygen atoms in total. The van der Waals surface area contributed by atoms with E-state index in [1.807, 2.05) is 6.92 Å². The maximum atomic E-state index is 12.0. The zero-order chi connectivity index (χ0) is 18.3. The average molecular weight is 403 g/mol. The van der Waals surface area contributed by atoms with E-state index in [2.05, 4.69) is 15.0 Å². The van der Waals surface area contributed by atoms with Crippen LogP contribution < -0.4 is 15.8 Å². The van der Waals surface area contributed by atoms with Crippen LogP contribution in [0.15, 0.2) is 34.2 Å². The summed E-state index contributed by atoms with van der Waals surface area (Å²) in [6.45, 7) is 3.70. The lowest BCUT2D eigenvalue weighted by Crippen LogP contribution is -2.31. The molecule has 1 aliphatic rings. The molecule has 0 spiro atoms. The second-order valence-electron chi connectivity index (χ2n) is 6.29. The van der Waals surface area contributed by atoms with Gasteiger partial charge in [-0.15, -0.1) is 12.4 Å². The van der Waals surface area contributed by atoms with E-state index in [0.29, 0.717) is 37.5 Å². The molecule has 0 saturated heterocycles. The maximum absolute atomic E-state index is 12.0. The summed E-state index contributed by atoms with van der Waals surface area (Å²) in [6, 6.07) is 6.81. The summed E-state index contributed by atoms with van der Waals surface area (Å²) in [5.41, 5.74) is 6.13. The van der Waals surface area contributed by atoms with Crippen molar-refractivity contribution in [2.75, 3.05) is 19.6 Å². The lowest BCUT2D eigenvalue weighted by atomic mass is 10.1. The summed E-state index contributed by atoms with van der Waals surface area (Å²) >= 11 is 0. The molecule has 1 heterocycles. The number of amides is 1. The summed E-state index contributed by atoms with van der Waals surface area (Å²) in [7, 11) is -3.47. The Balaban J connectivity index is 0.00000338. The molecular formula is C17H27ClN4O3S. The van der Waals surface area contributed by atoms with Crippen LogP contribution in [0.1, 0.15) is 38.2 Å². The number of nitrogens with one attached hydrogen (secondary N) is 2. The highest BCUT2D eigenvalue weighted by atomic mass is 35.5. The van der Waals surface area contributed by atoms with Gasteiger partial charge in [-0.1, -0.05) is 25.5 Å². The summed E-state index contributed by atoms with van der Waals surface area (Å²) in [5, 5.41) is 2.87. The quantitative estimate of drug-likeness (QED) is 0.542. The summed E-state index contributed by atoms with van der Waals surface area (Å²) in [6.07, 6.45) is 2.95. The predicted molar refractivity (Wildman–Crippen MR) is 105 cm³/mol. The van der Waals surface area contributed by atoms with E-state index in [9.17, 15) is 13.2 Å². The van der Waals surface area contributed by atoms with E-state index >= 15 is 0 Å². The number of amidine groups is 1.